The van der Waals surface area contributed by atoms with Crippen molar-refractivity contribution in [1.29, 1.82) is 0 Å². The van der Waals surface area contributed by atoms with E-state index in [1.54, 1.807) is 6.33 Å². The summed E-state index contributed by atoms with van der Waals surface area (Å²) in [4.78, 5) is 13.5. The number of aryl methyl sites for hydroxylation is 1. The van der Waals surface area contributed by atoms with Gasteiger partial charge in [0.1, 0.15) is 17.9 Å². The van der Waals surface area contributed by atoms with Crippen LogP contribution in [0.25, 0.3) is 16.8 Å². The van der Waals surface area contributed by atoms with Crippen molar-refractivity contribution in [2.24, 2.45) is 5.92 Å². The summed E-state index contributed by atoms with van der Waals surface area (Å²) in [5, 5.41) is 4.10. The molecule has 3 heterocycles. The SMILES string of the molecule is Cc1nc2c(n1-c1cccc(-c3cncnc3)c1)CC[C@H]1[C@H](C)c3oncc3C[C@]21C. The lowest BCUT2D eigenvalue weighted by molar-refractivity contribution is 0.171. The van der Waals surface area contributed by atoms with Gasteiger partial charge in [-0.25, -0.2) is 15.0 Å². The van der Waals surface area contributed by atoms with Gasteiger partial charge in [0.25, 0.3) is 0 Å². The van der Waals surface area contributed by atoms with E-state index in [1.165, 1.54) is 17.0 Å². The normalized spacial score (nSPS) is 24.4. The quantitative estimate of drug-likeness (QED) is 0.474. The summed E-state index contributed by atoms with van der Waals surface area (Å²) in [5.74, 6) is 2.98. The van der Waals surface area contributed by atoms with Gasteiger partial charge in [-0.05, 0) is 49.8 Å². The van der Waals surface area contributed by atoms with Crippen LogP contribution in [0.4, 0.5) is 0 Å². The molecule has 0 bridgehead atoms. The Hall–Kier alpha value is -3.28. The molecule has 2 aliphatic carbocycles. The van der Waals surface area contributed by atoms with Crippen LogP contribution < -0.4 is 0 Å². The van der Waals surface area contributed by atoms with Crippen LogP contribution in [-0.4, -0.2) is 24.7 Å². The van der Waals surface area contributed by atoms with Crippen LogP contribution in [0.3, 0.4) is 0 Å². The Bertz CT molecular complexity index is 1270. The molecular formula is C25H25N5O. The third-order valence-corrected chi connectivity index (χ3v) is 7.44. The lowest BCUT2D eigenvalue weighted by Crippen LogP contribution is -2.44. The molecule has 156 valence electrons. The average molecular weight is 412 g/mol. The minimum absolute atomic E-state index is 0.00750. The van der Waals surface area contributed by atoms with Gasteiger partial charge in [0.05, 0.1) is 11.9 Å². The van der Waals surface area contributed by atoms with Crippen molar-refractivity contribution in [3.8, 4) is 16.8 Å². The third-order valence-electron chi connectivity index (χ3n) is 7.44. The molecule has 6 heteroatoms. The number of aromatic nitrogens is 5. The molecule has 3 atom stereocenters. The Balaban J connectivity index is 1.48. The Kier molecular flexibility index (Phi) is 3.94. The van der Waals surface area contributed by atoms with Gasteiger partial charge >= 0.3 is 0 Å². The highest BCUT2D eigenvalue weighted by molar-refractivity contribution is 5.64. The molecule has 0 saturated heterocycles. The molecule has 0 spiro atoms. The summed E-state index contributed by atoms with van der Waals surface area (Å²) in [5.41, 5.74) is 7.08. The lowest BCUT2D eigenvalue weighted by atomic mass is 9.57. The number of imidazole rings is 1. The molecule has 3 aromatic heterocycles. The monoisotopic (exact) mass is 411 g/mol. The van der Waals surface area contributed by atoms with Gasteiger partial charge in [-0.1, -0.05) is 31.1 Å². The summed E-state index contributed by atoms with van der Waals surface area (Å²) >= 11 is 0. The fourth-order valence-corrected chi connectivity index (χ4v) is 6.04. The zero-order valence-electron chi connectivity index (χ0n) is 18.0. The van der Waals surface area contributed by atoms with Crippen molar-refractivity contribution in [3.05, 3.63) is 77.7 Å². The molecule has 6 rings (SSSR count). The topological polar surface area (TPSA) is 69.6 Å². The number of hydrogen-bond acceptors (Lipinski definition) is 5. The standard InChI is InChI=1S/C25H25N5O/c1-15-21-7-8-22-24(25(21,3)10-18-13-28-31-23(15)18)29-16(2)30(22)20-6-4-5-17(9-20)19-11-26-14-27-12-19/h4-6,9,11-15,21H,7-8,10H2,1-3H3/t15-,21-,25-/m0/s1. The largest absolute Gasteiger partial charge is 0.361 e. The summed E-state index contributed by atoms with van der Waals surface area (Å²) in [7, 11) is 0. The molecule has 0 radical (unpaired) electrons. The number of nitrogens with zero attached hydrogens (tertiary/aromatic N) is 5. The first-order valence-electron chi connectivity index (χ1n) is 10.9. The minimum Gasteiger partial charge on any atom is -0.361 e. The summed E-state index contributed by atoms with van der Waals surface area (Å²) in [6.07, 6.45) is 10.3. The van der Waals surface area contributed by atoms with Crippen molar-refractivity contribution in [2.45, 2.75) is 51.4 Å². The molecule has 4 aromatic rings. The van der Waals surface area contributed by atoms with Gasteiger partial charge in [0, 0.05) is 46.2 Å². The van der Waals surface area contributed by atoms with Crippen molar-refractivity contribution in [3.63, 3.8) is 0 Å². The molecule has 2 aliphatic rings. The zero-order chi connectivity index (χ0) is 21.2. The first-order valence-corrected chi connectivity index (χ1v) is 10.9. The van der Waals surface area contributed by atoms with Crippen LogP contribution in [0.1, 0.15) is 54.7 Å². The van der Waals surface area contributed by atoms with Gasteiger partial charge in [-0.2, -0.15) is 0 Å². The predicted octanol–water partition coefficient (Wildman–Crippen LogP) is 4.81. The van der Waals surface area contributed by atoms with Crippen molar-refractivity contribution < 1.29 is 4.52 Å². The van der Waals surface area contributed by atoms with Gasteiger partial charge < -0.3 is 9.09 Å². The molecule has 1 aromatic carbocycles. The molecule has 0 N–H and O–H groups in total. The Morgan fingerprint density at radius 1 is 1.13 bits per heavy atom. The van der Waals surface area contributed by atoms with Crippen LogP contribution in [0.15, 0.2) is 53.7 Å². The molecule has 6 nitrogen and oxygen atoms in total. The van der Waals surface area contributed by atoms with Crippen LogP contribution in [0.5, 0.6) is 0 Å². The maximum Gasteiger partial charge on any atom is 0.143 e. The number of fused-ring (bicyclic) bond motifs is 4. The van der Waals surface area contributed by atoms with Gasteiger partial charge in [0.15, 0.2) is 0 Å². The Morgan fingerprint density at radius 2 is 1.97 bits per heavy atom. The lowest BCUT2D eigenvalue weighted by Gasteiger charge is -2.46. The molecular weight excluding hydrogens is 386 g/mol. The predicted molar refractivity (Wildman–Crippen MR) is 117 cm³/mol. The fourth-order valence-electron chi connectivity index (χ4n) is 6.04. The van der Waals surface area contributed by atoms with Gasteiger partial charge in [-0.15, -0.1) is 0 Å². The average Bonchev–Trinajstić information content (AvgIpc) is 3.38. The highest BCUT2D eigenvalue weighted by atomic mass is 16.5. The second-order valence-corrected chi connectivity index (χ2v) is 9.21. The molecule has 0 amide bonds. The van der Waals surface area contributed by atoms with Crippen LogP contribution in [0, 0.1) is 12.8 Å². The van der Waals surface area contributed by atoms with Crippen molar-refractivity contribution >= 4 is 0 Å². The molecule has 0 aliphatic heterocycles. The maximum atomic E-state index is 5.62. The van der Waals surface area contributed by atoms with E-state index < -0.39 is 0 Å². The zero-order valence-corrected chi connectivity index (χ0v) is 18.0. The number of rotatable bonds is 2. The Labute approximate surface area is 181 Å². The second kappa shape index (κ2) is 6.61. The number of benzene rings is 1. The maximum absolute atomic E-state index is 5.62. The second-order valence-electron chi connectivity index (χ2n) is 9.21. The first kappa shape index (κ1) is 18.5. The van der Waals surface area contributed by atoms with Gasteiger partial charge in [-0.3, -0.25) is 0 Å². The van der Waals surface area contributed by atoms with E-state index in [2.05, 4.69) is 64.7 Å². The minimum atomic E-state index is -0.00750. The van der Waals surface area contributed by atoms with E-state index >= 15 is 0 Å². The van der Waals surface area contributed by atoms with E-state index in [-0.39, 0.29) is 5.41 Å². The summed E-state index contributed by atoms with van der Waals surface area (Å²) in [6.45, 7) is 6.79. The van der Waals surface area contributed by atoms with Crippen LogP contribution in [0.2, 0.25) is 0 Å². The highest BCUT2D eigenvalue weighted by Gasteiger charge is 2.50. The highest BCUT2D eigenvalue weighted by Crippen LogP contribution is 2.53. The number of hydrogen-bond donors (Lipinski definition) is 0. The van der Waals surface area contributed by atoms with E-state index in [0.717, 1.165) is 47.7 Å². The van der Waals surface area contributed by atoms with Crippen molar-refractivity contribution in [2.75, 3.05) is 0 Å². The smallest absolute Gasteiger partial charge is 0.143 e. The fraction of sp³-hybridized carbons (Fsp3) is 0.360. The Morgan fingerprint density at radius 3 is 2.81 bits per heavy atom. The summed E-state index contributed by atoms with van der Waals surface area (Å²) < 4.78 is 7.96. The van der Waals surface area contributed by atoms with E-state index in [9.17, 15) is 0 Å². The first-order chi connectivity index (χ1) is 15.1. The van der Waals surface area contributed by atoms with Crippen molar-refractivity contribution in [1.82, 2.24) is 24.7 Å². The van der Waals surface area contributed by atoms with E-state index in [4.69, 9.17) is 9.51 Å². The summed E-state index contributed by atoms with van der Waals surface area (Å²) in [6, 6.07) is 8.58. The van der Waals surface area contributed by atoms with Gasteiger partial charge in [0.2, 0.25) is 0 Å². The molecule has 31 heavy (non-hydrogen) atoms. The molecule has 0 fully saturated rings. The molecule has 0 saturated carbocycles. The van der Waals surface area contributed by atoms with Crippen LogP contribution >= 0.6 is 0 Å². The molecule has 0 unspecified atom stereocenters. The van der Waals surface area contributed by atoms with Crippen LogP contribution in [-0.2, 0) is 18.3 Å². The van der Waals surface area contributed by atoms with E-state index in [1.807, 2.05) is 18.6 Å². The third kappa shape index (κ3) is 2.63. The van der Waals surface area contributed by atoms with E-state index in [0.29, 0.717) is 11.8 Å².